The topological polar surface area (TPSA) is 26.3 Å². The standard InChI is InChI=1S/C19H28O2/c1-3-9-16-10-12-17(13-11-16)18(20)19(21-4-2)14-7-5-6-8-15-19/h10-13H,3-9,14-15H2,1-2H3. The molecule has 0 unspecified atom stereocenters. The minimum atomic E-state index is -0.572. The SMILES string of the molecule is CCCc1ccc(C(=O)C2(OCC)CCCCCC2)cc1. The van der Waals surface area contributed by atoms with Crippen molar-refractivity contribution in [1.29, 1.82) is 0 Å². The molecule has 116 valence electrons. The lowest BCUT2D eigenvalue weighted by atomic mass is 9.85. The van der Waals surface area contributed by atoms with Crippen LogP contribution >= 0.6 is 0 Å². The zero-order valence-corrected chi connectivity index (χ0v) is 13.5. The first kappa shape index (κ1) is 16.2. The molecular weight excluding hydrogens is 260 g/mol. The summed E-state index contributed by atoms with van der Waals surface area (Å²) in [4.78, 5) is 13.0. The van der Waals surface area contributed by atoms with Crippen LogP contribution < -0.4 is 0 Å². The maximum atomic E-state index is 13.0. The van der Waals surface area contributed by atoms with Gasteiger partial charge >= 0.3 is 0 Å². The van der Waals surface area contributed by atoms with Gasteiger partial charge in [-0.15, -0.1) is 0 Å². The molecular formula is C19H28O2. The van der Waals surface area contributed by atoms with Gasteiger partial charge in [-0.05, 0) is 31.7 Å². The minimum absolute atomic E-state index is 0.189. The highest BCUT2D eigenvalue weighted by Crippen LogP contribution is 2.33. The molecule has 1 aliphatic rings. The average molecular weight is 288 g/mol. The van der Waals surface area contributed by atoms with Crippen molar-refractivity contribution in [3.8, 4) is 0 Å². The molecule has 0 saturated heterocycles. The second-order valence-electron chi connectivity index (χ2n) is 6.12. The number of carbonyl (C=O) groups excluding carboxylic acids is 1. The summed E-state index contributed by atoms with van der Waals surface area (Å²) in [5.41, 5.74) is 1.54. The lowest BCUT2D eigenvalue weighted by Crippen LogP contribution is -2.41. The molecule has 0 atom stereocenters. The molecule has 1 aliphatic carbocycles. The van der Waals surface area contributed by atoms with Crippen molar-refractivity contribution >= 4 is 5.78 Å². The van der Waals surface area contributed by atoms with Gasteiger partial charge in [0.25, 0.3) is 0 Å². The zero-order valence-electron chi connectivity index (χ0n) is 13.5. The molecule has 21 heavy (non-hydrogen) atoms. The van der Waals surface area contributed by atoms with Crippen molar-refractivity contribution in [2.75, 3.05) is 6.61 Å². The predicted octanol–water partition coefficient (Wildman–Crippen LogP) is 4.95. The lowest BCUT2D eigenvalue weighted by Gasteiger charge is -2.31. The molecule has 2 rings (SSSR count). The highest BCUT2D eigenvalue weighted by molar-refractivity contribution is 6.02. The number of hydrogen-bond acceptors (Lipinski definition) is 2. The number of benzene rings is 1. The molecule has 0 heterocycles. The van der Waals surface area contributed by atoms with Crippen molar-refractivity contribution < 1.29 is 9.53 Å². The van der Waals surface area contributed by atoms with Gasteiger partial charge in [-0.1, -0.05) is 63.3 Å². The summed E-state index contributed by atoms with van der Waals surface area (Å²) >= 11 is 0. The zero-order chi connectivity index (χ0) is 15.1. The van der Waals surface area contributed by atoms with E-state index in [1.807, 2.05) is 19.1 Å². The van der Waals surface area contributed by atoms with E-state index in [0.717, 1.165) is 44.1 Å². The Kier molecular flexibility index (Phi) is 5.98. The lowest BCUT2D eigenvalue weighted by molar-refractivity contribution is -0.0292. The minimum Gasteiger partial charge on any atom is -0.367 e. The third-order valence-electron chi connectivity index (χ3n) is 4.50. The molecule has 1 fully saturated rings. The van der Waals surface area contributed by atoms with Crippen LogP contribution in [0.1, 0.15) is 74.7 Å². The van der Waals surface area contributed by atoms with Crippen molar-refractivity contribution in [2.45, 2.75) is 70.8 Å². The van der Waals surface area contributed by atoms with E-state index < -0.39 is 5.60 Å². The fourth-order valence-electron chi connectivity index (χ4n) is 3.39. The Balaban J connectivity index is 2.20. The molecule has 0 aromatic heterocycles. The highest BCUT2D eigenvalue weighted by atomic mass is 16.5. The Labute approximate surface area is 128 Å². The van der Waals surface area contributed by atoms with Crippen LogP contribution in [-0.4, -0.2) is 18.0 Å². The summed E-state index contributed by atoms with van der Waals surface area (Å²) in [7, 11) is 0. The molecule has 1 aromatic carbocycles. The van der Waals surface area contributed by atoms with Crippen LogP contribution in [0, 0.1) is 0 Å². The van der Waals surface area contributed by atoms with Crippen LogP contribution in [0.25, 0.3) is 0 Å². The summed E-state index contributed by atoms with van der Waals surface area (Å²) in [5.74, 6) is 0.189. The second-order valence-corrected chi connectivity index (χ2v) is 6.12. The van der Waals surface area contributed by atoms with E-state index in [4.69, 9.17) is 4.74 Å². The van der Waals surface area contributed by atoms with Gasteiger partial charge in [-0.3, -0.25) is 4.79 Å². The van der Waals surface area contributed by atoms with E-state index in [9.17, 15) is 4.79 Å². The number of ketones is 1. The van der Waals surface area contributed by atoms with Crippen molar-refractivity contribution in [3.63, 3.8) is 0 Å². The normalized spacial score (nSPS) is 18.2. The third-order valence-corrected chi connectivity index (χ3v) is 4.50. The molecule has 0 aliphatic heterocycles. The van der Waals surface area contributed by atoms with E-state index in [2.05, 4.69) is 19.1 Å². The molecule has 0 bridgehead atoms. The van der Waals surface area contributed by atoms with Crippen LogP contribution in [0.5, 0.6) is 0 Å². The molecule has 0 N–H and O–H groups in total. The van der Waals surface area contributed by atoms with Gasteiger partial charge in [0.05, 0.1) is 0 Å². The van der Waals surface area contributed by atoms with Gasteiger partial charge in [0.15, 0.2) is 5.78 Å². The quantitative estimate of drug-likeness (QED) is 0.547. The molecule has 0 spiro atoms. The molecule has 2 nitrogen and oxygen atoms in total. The monoisotopic (exact) mass is 288 g/mol. The molecule has 0 amide bonds. The van der Waals surface area contributed by atoms with E-state index in [1.54, 1.807) is 0 Å². The summed E-state index contributed by atoms with van der Waals surface area (Å²) in [6.07, 6.45) is 8.59. The summed E-state index contributed by atoms with van der Waals surface area (Å²) in [5, 5.41) is 0. The van der Waals surface area contributed by atoms with E-state index in [0.29, 0.717) is 6.61 Å². The molecule has 0 radical (unpaired) electrons. The maximum Gasteiger partial charge on any atom is 0.194 e. The van der Waals surface area contributed by atoms with Gasteiger partial charge in [0.1, 0.15) is 5.60 Å². The number of aryl methyl sites for hydroxylation is 1. The highest BCUT2D eigenvalue weighted by Gasteiger charge is 2.39. The summed E-state index contributed by atoms with van der Waals surface area (Å²) in [6, 6.07) is 8.15. The molecule has 1 saturated carbocycles. The number of carbonyl (C=O) groups is 1. The average Bonchev–Trinajstić information content (AvgIpc) is 2.75. The first-order chi connectivity index (χ1) is 10.2. The molecule has 2 heteroatoms. The van der Waals surface area contributed by atoms with Crippen molar-refractivity contribution in [3.05, 3.63) is 35.4 Å². The summed E-state index contributed by atoms with van der Waals surface area (Å²) < 4.78 is 5.99. The van der Waals surface area contributed by atoms with Gasteiger partial charge < -0.3 is 4.74 Å². The van der Waals surface area contributed by atoms with Crippen LogP contribution in [0.2, 0.25) is 0 Å². The largest absolute Gasteiger partial charge is 0.367 e. The predicted molar refractivity (Wildman–Crippen MR) is 86.8 cm³/mol. The number of hydrogen-bond donors (Lipinski definition) is 0. The second kappa shape index (κ2) is 7.74. The first-order valence-electron chi connectivity index (χ1n) is 8.49. The van der Waals surface area contributed by atoms with E-state index >= 15 is 0 Å². The Morgan fingerprint density at radius 2 is 1.67 bits per heavy atom. The van der Waals surface area contributed by atoms with Crippen LogP contribution in [0.3, 0.4) is 0 Å². The van der Waals surface area contributed by atoms with Crippen LogP contribution in [0.15, 0.2) is 24.3 Å². The van der Waals surface area contributed by atoms with Gasteiger partial charge in [-0.2, -0.15) is 0 Å². The van der Waals surface area contributed by atoms with Crippen molar-refractivity contribution in [1.82, 2.24) is 0 Å². The Bertz CT molecular complexity index is 439. The van der Waals surface area contributed by atoms with E-state index in [1.165, 1.54) is 18.4 Å². The van der Waals surface area contributed by atoms with Gasteiger partial charge in [-0.25, -0.2) is 0 Å². The fourth-order valence-corrected chi connectivity index (χ4v) is 3.39. The smallest absolute Gasteiger partial charge is 0.194 e. The molecule has 1 aromatic rings. The number of rotatable bonds is 6. The number of ether oxygens (including phenoxy) is 1. The van der Waals surface area contributed by atoms with Crippen molar-refractivity contribution in [2.24, 2.45) is 0 Å². The first-order valence-corrected chi connectivity index (χ1v) is 8.49. The number of Topliss-reactive ketones (excluding diaryl/α,β-unsaturated/α-hetero) is 1. The fraction of sp³-hybridized carbons (Fsp3) is 0.632. The maximum absolute atomic E-state index is 13.0. The Morgan fingerprint density at radius 3 is 2.19 bits per heavy atom. The van der Waals surface area contributed by atoms with Crippen LogP contribution in [-0.2, 0) is 11.2 Å². The van der Waals surface area contributed by atoms with Crippen LogP contribution in [0.4, 0.5) is 0 Å². The Morgan fingerprint density at radius 1 is 1.05 bits per heavy atom. The summed E-state index contributed by atoms with van der Waals surface area (Å²) in [6.45, 7) is 4.78. The third kappa shape index (κ3) is 3.94. The Hall–Kier alpha value is -1.15. The van der Waals surface area contributed by atoms with Gasteiger partial charge in [0, 0.05) is 12.2 Å². The van der Waals surface area contributed by atoms with Gasteiger partial charge in [0.2, 0.25) is 0 Å². The van der Waals surface area contributed by atoms with E-state index in [-0.39, 0.29) is 5.78 Å².